The fourth-order valence-corrected chi connectivity index (χ4v) is 1.36. The zero-order valence-corrected chi connectivity index (χ0v) is 9.42. The van der Waals surface area contributed by atoms with Gasteiger partial charge < -0.3 is 16.4 Å². The fraction of sp³-hybridized carbons (Fsp3) is 0.875. The highest BCUT2D eigenvalue weighted by atomic mass is 79.9. The van der Waals surface area contributed by atoms with E-state index in [1.165, 1.54) is 0 Å². The van der Waals surface area contributed by atoms with E-state index in [0.717, 1.165) is 25.9 Å². The van der Waals surface area contributed by atoms with E-state index in [1.54, 1.807) is 4.90 Å². The molecule has 0 unspecified atom stereocenters. The number of nitrogens with zero attached hydrogens (tertiary/aromatic N) is 1. The maximum absolute atomic E-state index is 11.3. The number of halogens is 1. The van der Waals surface area contributed by atoms with E-state index in [2.05, 4.69) is 15.9 Å². The maximum atomic E-state index is 11.3. The molecule has 0 saturated carbocycles. The predicted octanol–water partition coefficient (Wildman–Crippen LogP) is -0.0925. The van der Waals surface area contributed by atoms with Gasteiger partial charge >= 0.3 is 0 Å². The first-order valence-electron chi connectivity index (χ1n) is 4.50. The third kappa shape index (κ3) is 6.01. The smallest absolute Gasteiger partial charge is 0.233 e. The van der Waals surface area contributed by atoms with E-state index in [0.29, 0.717) is 18.4 Å². The van der Waals surface area contributed by atoms with Crippen LogP contribution in [0.4, 0.5) is 0 Å². The number of hydrogen-bond acceptors (Lipinski definition) is 3. The first-order chi connectivity index (χ1) is 6.26. The predicted molar refractivity (Wildman–Crippen MR) is 57.7 cm³/mol. The molecule has 0 aromatic heterocycles. The molecule has 4 nitrogen and oxygen atoms in total. The number of carbonyl (C=O) groups excluding carboxylic acids is 1. The molecule has 0 spiro atoms. The summed E-state index contributed by atoms with van der Waals surface area (Å²) < 4.78 is 0. The van der Waals surface area contributed by atoms with E-state index in [4.69, 9.17) is 11.5 Å². The second-order valence-electron chi connectivity index (χ2n) is 2.80. The molecule has 1 amide bonds. The standard InChI is InChI=1S/C8H18BrN3O/c9-7-8(13)12(5-1-3-10)6-2-4-11/h1-7,10-11H2. The minimum absolute atomic E-state index is 0.113. The van der Waals surface area contributed by atoms with E-state index >= 15 is 0 Å². The quantitative estimate of drug-likeness (QED) is 0.622. The van der Waals surface area contributed by atoms with Crippen LogP contribution in [0.15, 0.2) is 0 Å². The lowest BCUT2D eigenvalue weighted by atomic mass is 10.3. The zero-order chi connectivity index (χ0) is 10.1. The molecular weight excluding hydrogens is 234 g/mol. The van der Waals surface area contributed by atoms with Gasteiger partial charge in [-0.15, -0.1) is 0 Å². The third-order valence-electron chi connectivity index (χ3n) is 1.73. The van der Waals surface area contributed by atoms with Gasteiger partial charge in [0.2, 0.25) is 5.91 Å². The number of hydrogen-bond donors (Lipinski definition) is 2. The molecule has 13 heavy (non-hydrogen) atoms. The van der Waals surface area contributed by atoms with E-state index < -0.39 is 0 Å². The van der Waals surface area contributed by atoms with Crippen LogP contribution in [-0.2, 0) is 4.79 Å². The molecular formula is C8H18BrN3O. The second-order valence-corrected chi connectivity index (χ2v) is 3.36. The van der Waals surface area contributed by atoms with Crippen molar-refractivity contribution in [2.24, 2.45) is 11.5 Å². The molecule has 0 aliphatic carbocycles. The summed E-state index contributed by atoms with van der Waals surface area (Å²) in [6.07, 6.45) is 1.70. The summed E-state index contributed by atoms with van der Waals surface area (Å²) in [5, 5.41) is 0.377. The lowest BCUT2D eigenvalue weighted by Crippen LogP contribution is -2.35. The molecule has 0 heterocycles. The summed E-state index contributed by atoms with van der Waals surface area (Å²) in [5.74, 6) is 0.113. The van der Waals surface area contributed by atoms with Crippen molar-refractivity contribution >= 4 is 21.8 Å². The van der Waals surface area contributed by atoms with Crippen molar-refractivity contribution in [3.63, 3.8) is 0 Å². The summed E-state index contributed by atoms with van der Waals surface area (Å²) in [7, 11) is 0. The molecule has 0 aromatic carbocycles. The average Bonchev–Trinajstić information content (AvgIpc) is 2.17. The Morgan fingerprint density at radius 2 is 1.62 bits per heavy atom. The second kappa shape index (κ2) is 8.47. The van der Waals surface area contributed by atoms with Crippen LogP contribution in [0.1, 0.15) is 12.8 Å². The lowest BCUT2D eigenvalue weighted by molar-refractivity contribution is -0.128. The Balaban J connectivity index is 3.79. The van der Waals surface area contributed by atoms with Crippen LogP contribution in [0.2, 0.25) is 0 Å². The molecule has 0 aliphatic heterocycles. The third-order valence-corrected chi connectivity index (χ3v) is 2.21. The summed E-state index contributed by atoms with van der Waals surface area (Å²) in [5.41, 5.74) is 10.7. The summed E-state index contributed by atoms with van der Waals surface area (Å²) in [6.45, 7) is 2.71. The summed E-state index contributed by atoms with van der Waals surface area (Å²) in [6, 6.07) is 0. The van der Waals surface area contributed by atoms with Gasteiger partial charge in [0.25, 0.3) is 0 Å². The highest BCUT2D eigenvalue weighted by Crippen LogP contribution is 1.97. The van der Waals surface area contributed by atoms with Crippen LogP contribution in [0.25, 0.3) is 0 Å². The molecule has 4 N–H and O–H groups in total. The number of amides is 1. The van der Waals surface area contributed by atoms with Gasteiger partial charge in [-0.05, 0) is 25.9 Å². The number of carbonyl (C=O) groups is 1. The minimum atomic E-state index is 0.113. The molecule has 0 aromatic rings. The van der Waals surface area contributed by atoms with Gasteiger partial charge in [-0.25, -0.2) is 0 Å². The van der Waals surface area contributed by atoms with Gasteiger partial charge in [0.05, 0.1) is 5.33 Å². The number of nitrogens with two attached hydrogens (primary N) is 2. The number of rotatable bonds is 7. The van der Waals surface area contributed by atoms with Crippen LogP contribution in [0.3, 0.4) is 0 Å². The fourth-order valence-electron chi connectivity index (χ4n) is 1.01. The van der Waals surface area contributed by atoms with Crippen molar-refractivity contribution in [1.29, 1.82) is 0 Å². The number of alkyl halides is 1. The lowest BCUT2D eigenvalue weighted by Gasteiger charge is -2.21. The Bertz CT molecular complexity index is 135. The first kappa shape index (κ1) is 12.9. The molecule has 0 saturated heterocycles. The van der Waals surface area contributed by atoms with Crippen molar-refractivity contribution in [2.75, 3.05) is 31.5 Å². The van der Waals surface area contributed by atoms with Gasteiger partial charge in [0, 0.05) is 13.1 Å². The molecule has 0 atom stereocenters. The zero-order valence-electron chi connectivity index (χ0n) is 7.84. The van der Waals surface area contributed by atoms with Crippen LogP contribution >= 0.6 is 15.9 Å². The van der Waals surface area contributed by atoms with Crippen LogP contribution in [-0.4, -0.2) is 42.3 Å². The highest BCUT2D eigenvalue weighted by molar-refractivity contribution is 9.09. The topological polar surface area (TPSA) is 72.3 Å². The molecule has 0 radical (unpaired) electrons. The highest BCUT2D eigenvalue weighted by Gasteiger charge is 2.09. The summed E-state index contributed by atoms with van der Waals surface area (Å²) >= 11 is 3.15. The van der Waals surface area contributed by atoms with E-state index in [9.17, 15) is 4.79 Å². The van der Waals surface area contributed by atoms with Gasteiger partial charge in [-0.1, -0.05) is 15.9 Å². The van der Waals surface area contributed by atoms with Crippen molar-refractivity contribution in [2.45, 2.75) is 12.8 Å². The molecule has 0 rings (SSSR count). The van der Waals surface area contributed by atoms with Crippen LogP contribution < -0.4 is 11.5 Å². The average molecular weight is 252 g/mol. The van der Waals surface area contributed by atoms with Crippen molar-refractivity contribution in [1.82, 2.24) is 4.90 Å². The SMILES string of the molecule is NCCCN(CCCN)C(=O)CBr. The Morgan fingerprint density at radius 1 is 1.15 bits per heavy atom. The first-order valence-corrected chi connectivity index (χ1v) is 5.62. The molecule has 0 bridgehead atoms. The Labute approximate surface area is 87.8 Å². The Kier molecular flexibility index (Phi) is 8.38. The molecule has 5 heteroatoms. The van der Waals surface area contributed by atoms with E-state index in [-0.39, 0.29) is 5.91 Å². The Hall–Kier alpha value is -0.130. The molecule has 78 valence electrons. The molecule has 0 fully saturated rings. The summed E-state index contributed by atoms with van der Waals surface area (Å²) in [4.78, 5) is 13.1. The van der Waals surface area contributed by atoms with E-state index in [1.807, 2.05) is 0 Å². The van der Waals surface area contributed by atoms with Crippen molar-refractivity contribution in [3.8, 4) is 0 Å². The largest absolute Gasteiger partial charge is 0.342 e. The van der Waals surface area contributed by atoms with Gasteiger partial charge in [0.1, 0.15) is 0 Å². The van der Waals surface area contributed by atoms with Gasteiger partial charge in [-0.3, -0.25) is 4.79 Å². The van der Waals surface area contributed by atoms with Crippen LogP contribution in [0, 0.1) is 0 Å². The van der Waals surface area contributed by atoms with Crippen molar-refractivity contribution in [3.05, 3.63) is 0 Å². The monoisotopic (exact) mass is 251 g/mol. The minimum Gasteiger partial charge on any atom is -0.342 e. The molecule has 0 aliphatic rings. The van der Waals surface area contributed by atoms with Gasteiger partial charge in [-0.2, -0.15) is 0 Å². The van der Waals surface area contributed by atoms with Crippen LogP contribution in [0.5, 0.6) is 0 Å². The normalized spacial score (nSPS) is 10.1. The van der Waals surface area contributed by atoms with Gasteiger partial charge in [0.15, 0.2) is 0 Å². The maximum Gasteiger partial charge on any atom is 0.233 e. The van der Waals surface area contributed by atoms with Crippen molar-refractivity contribution < 1.29 is 4.79 Å². The Morgan fingerprint density at radius 3 is 1.92 bits per heavy atom.